The van der Waals surface area contributed by atoms with Crippen LogP contribution in [-0.4, -0.2) is 81.6 Å². The van der Waals surface area contributed by atoms with Crippen LogP contribution in [0.1, 0.15) is 18.4 Å². The molecule has 0 saturated carbocycles. The number of anilines is 4. The summed E-state index contributed by atoms with van der Waals surface area (Å²) in [7, 11) is 2.12. The molecule has 0 aliphatic carbocycles. The number of nitrogens with zero attached hydrogens (tertiary/aromatic N) is 7. The predicted octanol–water partition coefficient (Wildman–Crippen LogP) is 2.65. The summed E-state index contributed by atoms with van der Waals surface area (Å²) >= 11 is 0. The first-order valence-electron chi connectivity index (χ1n) is 14.7. The minimum absolute atomic E-state index is 0.00987. The molecule has 2 N–H and O–H groups in total. The summed E-state index contributed by atoms with van der Waals surface area (Å²) in [5.74, 6) is 0.873. The molecule has 12 nitrogen and oxygen atoms in total. The van der Waals surface area contributed by atoms with Crippen molar-refractivity contribution in [2.24, 2.45) is 0 Å². The highest BCUT2D eigenvalue weighted by atomic mass is 16.5. The summed E-state index contributed by atoms with van der Waals surface area (Å²) in [6.07, 6.45) is 7.15. The molecule has 5 heterocycles. The summed E-state index contributed by atoms with van der Waals surface area (Å²) in [5, 5.41) is 13.8. The predicted molar refractivity (Wildman–Crippen MR) is 165 cm³/mol. The molecule has 43 heavy (non-hydrogen) atoms. The van der Waals surface area contributed by atoms with Crippen molar-refractivity contribution in [3.8, 4) is 11.4 Å². The first-order chi connectivity index (χ1) is 21.0. The quantitative estimate of drug-likeness (QED) is 0.350. The van der Waals surface area contributed by atoms with Gasteiger partial charge in [-0.25, -0.2) is 14.3 Å². The standard InChI is InChI=1S/C31H34N8O4/c1-35-12-14-36(15-13-35)25-8-6-22(16-21(25)19-40)33-31-32-18-24-29(34-31)39-23-7-9-27-26(17-23)37(28(41)20-43-27)10-4-2-3-5-11-38(39)30(24)42/h3,5-9,16-18,40H,2,4,10-15,19-20H2,1H3,(H,32,33,34). The van der Waals surface area contributed by atoms with Crippen molar-refractivity contribution < 1.29 is 14.6 Å². The van der Waals surface area contributed by atoms with Gasteiger partial charge in [0.1, 0.15) is 11.1 Å². The number of hydrogen-bond acceptors (Lipinski definition) is 9. The van der Waals surface area contributed by atoms with Crippen molar-refractivity contribution in [2.45, 2.75) is 26.0 Å². The average Bonchev–Trinajstić information content (AvgIpc) is 3.29. The summed E-state index contributed by atoms with van der Waals surface area (Å²) in [4.78, 5) is 42.0. The largest absolute Gasteiger partial charge is 0.482 e. The molecule has 3 aliphatic rings. The lowest BCUT2D eigenvalue weighted by molar-refractivity contribution is -0.121. The van der Waals surface area contributed by atoms with Crippen LogP contribution < -0.4 is 25.4 Å². The van der Waals surface area contributed by atoms with E-state index in [1.54, 1.807) is 20.5 Å². The van der Waals surface area contributed by atoms with Gasteiger partial charge in [0.15, 0.2) is 12.3 Å². The number of benzene rings is 2. The lowest BCUT2D eigenvalue weighted by Crippen LogP contribution is -2.44. The molecule has 3 aliphatic heterocycles. The number of amides is 1. The molecule has 0 spiro atoms. The normalized spacial score (nSPS) is 17.3. The molecule has 222 valence electrons. The molecule has 2 aromatic heterocycles. The van der Waals surface area contributed by atoms with E-state index in [9.17, 15) is 14.7 Å². The molecule has 1 fully saturated rings. The molecule has 1 saturated heterocycles. The zero-order valence-electron chi connectivity index (χ0n) is 24.1. The Morgan fingerprint density at radius 2 is 1.86 bits per heavy atom. The van der Waals surface area contributed by atoms with Crippen LogP contribution >= 0.6 is 0 Å². The molecule has 12 heteroatoms. The number of piperazine rings is 1. The molecule has 0 radical (unpaired) electrons. The Morgan fingerprint density at radius 1 is 1.00 bits per heavy atom. The van der Waals surface area contributed by atoms with Crippen LogP contribution in [0.25, 0.3) is 16.7 Å². The van der Waals surface area contributed by atoms with Crippen molar-refractivity contribution in [1.29, 1.82) is 0 Å². The number of nitrogens with one attached hydrogen (secondary N) is 1. The van der Waals surface area contributed by atoms with Crippen LogP contribution in [-0.2, 0) is 17.9 Å². The van der Waals surface area contributed by atoms with Gasteiger partial charge in [-0.05, 0) is 56.3 Å². The van der Waals surface area contributed by atoms with E-state index < -0.39 is 0 Å². The molecule has 2 bridgehead atoms. The average molecular weight is 583 g/mol. The highest BCUT2D eigenvalue weighted by molar-refractivity contribution is 5.98. The van der Waals surface area contributed by atoms with Gasteiger partial charge in [0.05, 0.1) is 24.5 Å². The van der Waals surface area contributed by atoms with Crippen LogP contribution in [0.4, 0.5) is 23.0 Å². The van der Waals surface area contributed by atoms with Gasteiger partial charge in [-0.3, -0.25) is 9.59 Å². The highest BCUT2D eigenvalue weighted by Gasteiger charge is 2.27. The third-order valence-electron chi connectivity index (χ3n) is 8.35. The van der Waals surface area contributed by atoms with Crippen molar-refractivity contribution in [3.63, 3.8) is 0 Å². The second-order valence-corrected chi connectivity index (χ2v) is 11.1. The van der Waals surface area contributed by atoms with Crippen LogP contribution in [0.5, 0.6) is 5.75 Å². The Balaban J connectivity index is 1.28. The Hall–Kier alpha value is -4.68. The number of likely N-dealkylation sites (N-methyl/N-ethyl adjacent to an activating group) is 1. The van der Waals surface area contributed by atoms with Crippen LogP contribution in [0.15, 0.2) is 59.5 Å². The maximum Gasteiger partial charge on any atom is 0.278 e. The number of fused-ring (bicyclic) bond motifs is 5. The number of carbonyl (C=O) groups excluding carboxylic acids is 1. The lowest BCUT2D eigenvalue weighted by Gasteiger charge is -2.35. The molecule has 7 rings (SSSR count). The topological polar surface area (TPSA) is 121 Å². The number of hydrogen-bond donors (Lipinski definition) is 2. The van der Waals surface area contributed by atoms with E-state index in [1.807, 2.05) is 48.6 Å². The fourth-order valence-corrected chi connectivity index (χ4v) is 6.02. The van der Waals surface area contributed by atoms with Gasteiger partial charge < -0.3 is 29.9 Å². The third kappa shape index (κ3) is 5.02. The number of allylic oxidation sites excluding steroid dienone is 2. The van der Waals surface area contributed by atoms with E-state index in [2.05, 4.69) is 27.1 Å². The zero-order valence-corrected chi connectivity index (χ0v) is 24.1. The van der Waals surface area contributed by atoms with Crippen molar-refractivity contribution in [3.05, 3.63) is 70.7 Å². The van der Waals surface area contributed by atoms with Crippen LogP contribution in [0, 0.1) is 0 Å². The number of aliphatic hydroxyl groups is 1. The Labute approximate surface area is 248 Å². The van der Waals surface area contributed by atoms with Gasteiger partial charge in [-0.15, -0.1) is 0 Å². The zero-order chi connectivity index (χ0) is 29.5. The van der Waals surface area contributed by atoms with E-state index in [-0.39, 0.29) is 24.7 Å². The van der Waals surface area contributed by atoms with Gasteiger partial charge in [0.2, 0.25) is 5.95 Å². The number of rotatable bonds is 4. The van der Waals surface area contributed by atoms with Gasteiger partial charge in [0.25, 0.3) is 11.5 Å². The van der Waals surface area contributed by atoms with E-state index >= 15 is 0 Å². The van der Waals surface area contributed by atoms with Crippen molar-refractivity contribution in [1.82, 2.24) is 24.2 Å². The van der Waals surface area contributed by atoms with Gasteiger partial charge in [-0.1, -0.05) is 12.2 Å². The summed E-state index contributed by atoms with van der Waals surface area (Å²) in [6.45, 7) is 4.62. The fourth-order valence-electron chi connectivity index (χ4n) is 6.02. The van der Waals surface area contributed by atoms with E-state index in [1.165, 1.54) is 0 Å². The summed E-state index contributed by atoms with van der Waals surface area (Å²) < 4.78 is 9.13. The van der Waals surface area contributed by atoms with Crippen molar-refractivity contribution in [2.75, 3.05) is 61.5 Å². The monoisotopic (exact) mass is 582 g/mol. The van der Waals surface area contributed by atoms with E-state index in [0.717, 1.165) is 56.0 Å². The third-order valence-corrected chi connectivity index (χ3v) is 8.35. The lowest BCUT2D eigenvalue weighted by atomic mass is 10.1. The molecular formula is C31H34N8O4. The number of aliphatic hydroxyl groups excluding tert-OH is 1. The minimum Gasteiger partial charge on any atom is -0.482 e. The molecular weight excluding hydrogens is 548 g/mol. The number of aromatic nitrogens is 4. The van der Waals surface area contributed by atoms with Gasteiger partial charge in [0, 0.05) is 55.9 Å². The van der Waals surface area contributed by atoms with Gasteiger partial charge in [-0.2, -0.15) is 4.98 Å². The molecule has 4 aromatic rings. The Morgan fingerprint density at radius 3 is 2.70 bits per heavy atom. The smallest absolute Gasteiger partial charge is 0.278 e. The van der Waals surface area contributed by atoms with E-state index in [0.29, 0.717) is 47.2 Å². The Bertz CT molecular complexity index is 1790. The van der Waals surface area contributed by atoms with E-state index in [4.69, 9.17) is 9.72 Å². The molecule has 0 atom stereocenters. The number of carbonyl (C=O) groups is 1. The number of ether oxygens (including phenoxy) is 1. The van der Waals surface area contributed by atoms with Crippen molar-refractivity contribution >= 4 is 40.0 Å². The Kier molecular flexibility index (Phi) is 7.07. The summed E-state index contributed by atoms with van der Waals surface area (Å²) in [5.41, 5.74) is 4.19. The fraction of sp³-hybridized carbons (Fsp3) is 0.355. The maximum atomic E-state index is 13.6. The summed E-state index contributed by atoms with van der Waals surface area (Å²) in [6, 6.07) is 11.5. The second-order valence-electron chi connectivity index (χ2n) is 11.1. The van der Waals surface area contributed by atoms with Gasteiger partial charge >= 0.3 is 0 Å². The van der Waals surface area contributed by atoms with Crippen LogP contribution in [0.2, 0.25) is 0 Å². The highest BCUT2D eigenvalue weighted by Crippen LogP contribution is 2.35. The molecule has 0 unspecified atom stereocenters. The first-order valence-corrected chi connectivity index (χ1v) is 14.7. The molecule has 1 amide bonds. The SMILES string of the molecule is CN1CCN(c2ccc(Nc3ncc4c(=O)n5n(c4n3)-c3ccc4c(c3)N(CCCC=CC5)C(=O)CO4)cc2CO)CC1. The van der Waals surface area contributed by atoms with Crippen LogP contribution in [0.3, 0.4) is 0 Å². The molecule has 2 aromatic carbocycles. The minimum atomic E-state index is -0.204. The first kappa shape index (κ1) is 27.2. The maximum absolute atomic E-state index is 13.6. The second kappa shape index (κ2) is 11.2.